The number of nitrogens with one attached hydrogen (secondary N) is 1. The first-order chi connectivity index (χ1) is 8.83. The molecule has 18 heavy (non-hydrogen) atoms. The van der Waals surface area contributed by atoms with E-state index >= 15 is 0 Å². The van der Waals surface area contributed by atoms with Gasteiger partial charge in [-0.25, -0.2) is 0 Å². The standard InChI is InChI=1S/C14H23NO3/c1-2-17-9-8-15-10-14(16)12-18-11-13-6-4-3-5-7-13/h3-7,14-16H,2,8-12H2,1H3. The van der Waals surface area contributed by atoms with Crippen LogP contribution in [0.4, 0.5) is 0 Å². The van der Waals surface area contributed by atoms with E-state index in [9.17, 15) is 5.11 Å². The van der Waals surface area contributed by atoms with Crippen LogP contribution in [0.15, 0.2) is 30.3 Å². The minimum absolute atomic E-state index is 0.344. The second kappa shape index (κ2) is 10.0. The van der Waals surface area contributed by atoms with Gasteiger partial charge in [0.15, 0.2) is 0 Å². The molecule has 0 saturated carbocycles. The van der Waals surface area contributed by atoms with E-state index in [0.29, 0.717) is 26.4 Å². The molecule has 0 aromatic heterocycles. The Bertz CT molecular complexity index is 292. The molecule has 1 rings (SSSR count). The lowest BCUT2D eigenvalue weighted by molar-refractivity contribution is 0.0279. The van der Waals surface area contributed by atoms with E-state index in [1.165, 1.54) is 0 Å². The predicted molar refractivity (Wildman–Crippen MR) is 71.5 cm³/mol. The second-order valence-corrected chi connectivity index (χ2v) is 4.06. The van der Waals surface area contributed by atoms with Gasteiger partial charge in [0.25, 0.3) is 0 Å². The van der Waals surface area contributed by atoms with Gasteiger partial charge in [-0.15, -0.1) is 0 Å². The van der Waals surface area contributed by atoms with Gasteiger partial charge in [-0.1, -0.05) is 30.3 Å². The normalized spacial score (nSPS) is 12.6. The Morgan fingerprint density at radius 1 is 1.22 bits per heavy atom. The zero-order valence-electron chi connectivity index (χ0n) is 11.0. The first kappa shape index (κ1) is 15.1. The van der Waals surface area contributed by atoms with Crippen LogP contribution in [-0.4, -0.2) is 44.1 Å². The monoisotopic (exact) mass is 253 g/mol. The highest BCUT2D eigenvalue weighted by molar-refractivity contribution is 5.13. The molecule has 4 heteroatoms. The van der Waals surface area contributed by atoms with Gasteiger partial charge in [0.1, 0.15) is 0 Å². The smallest absolute Gasteiger partial charge is 0.0897 e. The van der Waals surface area contributed by atoms with Crippen LogP contribution in [0.2, 0.25) is 0 Å². The van der Waals surface area contributed by atoms with Gasteiger partial charge in [0.05, 0.1) is 25.9 Å². The van der Waals surface area contributed by atoms with Crippen molar-refractivity contribution in [3.05, 3.63) is 35.9 Å². The summed E-state index contributed by atoms with van der Waals surface area (Å²) >= 11 is 0. The van der Waals surface area contributed by atoms with Crippen molar-refractivity contribution in [2.75, 3.05) is 32.9 Å². The highest BCUT2D eigenvalue weighted by atomic mass is 16.5. The van der Waals surface area contributed by atoms with Crippen LogP contribution in [0.5, 0.6) is 0 Å². The Kier molecular flexibility index (Phi) is 8.42. The van der Waals surface area contributed by atoms with Crippen LogP contribution in [0.1, 0.15) is 12.5 Å². The summed E-state index contributed by atoms with van der Waals surface area (Å²) in [6, 6.07) is 9.94. The maximum atomic E-state index is 9.66. The number of aliphatic hydroxyl groups is 1. The molecular weight excluding hydrogens is 230 g/mol. The first-order valence-corrected chi connectivity index (χ1v) is 6.41. The zero-order valence-corrected chi connectivity index (χ0v) is 11.0. The van der Waals surface area contributed by atoms with Gasteiger partial charge in [0.2, 0.25) is 0 Å². The molecule has 0 amide bonds. The number of aliphatic hydroxyl groups excluding tert-OH is 1. The first-order valence-electron chi connectivity index (χ1n) is 6.41. The van der Waals surface area contributed by atoms with E-state index in [2.05, 4.69) is 5.32 Å². The van der Waals surface area contributed by atoms with Crippen LogP contribution >= 0.6 is 0 Å². The summed E-state index contributed by atoms with van der Waals surface area (Å²) in [5.41, 5.74) is 1.12. The summed E-state index contributed by atoms with van der Waals surface area (Å²) in [5.74, 6) is 0. The van der Waals surface area contributed by atoms with E-state index in [1.54, 1.807) is 0 Å². The van der Waals surface area contributed by atoms with E-state index < -0.39 is 6.10 Å². The van der Waals surface area contributed by atoms with Crippen LogP contribution < -0.4 is 5.32 Å². The molecule has 0 aliphatic heterocycles. The molecule has 2 N–H and O–H groups in total. The SMILES string of the molecule is CCOCCNCC(O)COCc1ccccc1. The van der Waals surface area contributed by atoms with Gasteiger partial charge >= 0.3 is 0 Å². The van der Waals surface area contributed by atoms with E-state index in [4.69, 9.17) is 9.47 Å². The number of hydrogen-bond donors (Lipinski definition) is 2. The molecule has 1 aromatic rings. The number of rotatable bonds is 10. The third-order valence-corrected chi connectivity index (χ3v) is 2.43. The van der Waals surface area contributed by atoms with E-state index in [-0.39, 0.29) is 0 Å². The van der Waals surface area contributed by atoms with Crippen molar-refractivity contribution in [3.63, 3.8) is 0 Å². The lowest BCUT2D eigenvalue weighted by Gasteiger charge is -2.12. The fraction of sp³-hybridized carbons (Fsp3) is 0.571. The van der Waals surface area contributed by atoms with Crippen molar-refractivity contribution in [1.82, 2.24) is 5.32 Å². The molecule has 0 spiro atoms. The fourth-order valence-corrected chi connectivity index (χ4v) is 1.50. The van der Waals surface area contributed by atoms with Gasteiger partial charge in [-0.2, -0.15) is 0 Å². The summed E-state index contributed by atoms with van der Waals surface area (Å²) in [6.07, 6.45) is -0.477. The Hall–Kier alpha value is -0.940. The van der Waals surface area contributed by atoms with Crippen LogP contribution in [0, 0.1) is 0 Å². The fourth-order valence-electron chi connectivity index (χ4n) is 1.50. The molecule has 1 unspecified atom stereocenters. The van der Waals surface area contributed by atoms with Crippen molar-refractivity contribution >= 4 is 0 Å². The molecule has 4 nitrogen and oxygen atoms in total. The minimum atomic E-state index is -0.477. The lowest BCUT2D eigenvalue weighted by Crippen LogP contribution is -2.32. The summed E-state index contributed by atoms with van der Waals surface area (Å²) in [6.45, 7) is 5.53. The quantitative estimate of drug-likeness (QED) is 0.615. The van der Waals surface area contributed by atoms with Gasteiger partial charge < -0.3 is 19.9 Å². The average molecular weight is 253 g/mol. The Balaban J connectivity index is 1.98. The molecule has 0 saturated heterocycles. The van der Waals surface area contributed by atoms with Gasteiger partial charge in [-0.05, 0) is 12.5 Å². The van der Waals surface area contributed by atoms with E-state index in [1.807, 2.05) is 37.3 Å². The molecule has 1 aromatic carbocycles. The minimum Gasteiger partial charge on any atom is -0.389 e. The summed E-state index contributed by atoms with van der Waals surface area (Å²) in [7, 11) is 0. The topological polar surface area (TPSA) is 50.7 Å². The average Bonchev–Trinajstić information content (AvgIpc) is 2.40. The number of benzene rings is 1. The molecule has 102 valence electrons. The van der Waals surface area contributed by atoms with Crippen molar-refractivity contribution in [3.8, 4) is 0 Å². The third kappa shape index (κ3) is 7.40. The second-order valence-electron chi connectivity index (χ2n) is 4.06. The number of ether oxygens (including phenoxy) is 2. The molecule has 0 aliphatic carbocycles. The van der Waals surface area contributed by atoms with Gasteiger partial charge in [0, 0.05) is 19.7 Å². The Morgan fingerprint density at radius 2 is 2.00 bits per heavy atom. The van der Waals surface area contributed by atoms with Crippen molar-refractivity contribution in [2.24, 2.45) is 0 Å². The van der Waals surface area contributed by atoms with Crippen molar-refractivity contribution in [2.45, 2.75) is 19.6 Å². The summed E-state index contributed by atoms with van der Waals surface area (Å²) < 4.78 is 10.6. The Morgan fingerprint density at radius 3 is 2.72 bits per heavy atom. The Labute approximate surface area is 109 Å². The zero-order chi connectivity index (χ0) is 13.1. The maximum absolute atomic E-state index is 9.66. The highest BCUT2D eigenvalue weighted by Crippen LogP contribution is 2.00. The van der Waals surface area contributed by atoms with Gasteiger partial charge in [-0.3, -0.25) is 0 Å². The van der Waals surface area contributed by atoms with Crippen molar-refractivity contribution < 1.29 is 14.6 Å². The summed E-state index contributed by atoms with van der Waals surface area (Å²) in [5, 5.41) is 12.8. The lowest BCUT2D eigenvalue weighted by atomic mass is 10.2. The molecule has 0 aliphatic rings. The molecule has 0 fully saturated rings. The van der Waals surface area contributed by atoms with Crippen molar-refractivity contribution in [1.29, 1.82) is 0 Å². The molecule has 0 heterocycles. The van der Waals surface area contributed by atoms with Crippen LogP contribution in [0.25, 0.3) is 0 Å². The maximum Gasteiger partial charge on any atom is 0.0897 e. The molecule has 1 atom stereocenters. The molecule has 0 bridgehead atoms. The van der Waals surface area contributed by atoms with E-state index in [0.717, 1.165) is 18.7 Å². The third-order valence-electron chi connectivity index (χ3n) is 2.43. The summed E-state index contributed by atoms with van der Waals surface area (Å²) in [4.78, 5) is 0. The molecule has 0 radical (unpaired) electrons. The molecular formula is C14H23NO3. The predicted octanol–water partition coefficient (Wildman–Crippen LogP) is 1.19. The van der Waals surface area contributed by atoms with Crippen LogP contribution in [-0.2, 0) is 16.1 Å². The number of hydrogen-bond acceptors (Lipinski definition) is 4. The largest absolute Gasteiger partial charge is 0.389 e. The highest BCUT2D eigenvalue weighted by Gasteiger charge is 2.03. The van der Waals surface area contributed by atoms with Crippen LogP contribution in [0.3, 0.4) is 0 Å².